The highest BCUT2D eigenvalue weighted by Gasteiger charge is 2.27. The van der Waals surface area contributed by atoms with Gasteiger partial charge in [0.15, 0.2) is 0 Å². The largest absolute Gasteiger partial charge is 0.497 e. The number of hydrogen-bond acceptors (Lipinski definition) is 2. The molecule has 0 N–H and O–H groups in total. The lowest BCUT2D eigenvalue weighted by Gasteiger charge is -2.17. The molecular formula is C19H19Cl2NO2. The highest BCUT2D eigenvalue weighted by molar-refractivity contribution is 6.42. The lowest BCUT2D eigenvalue weighted by atomic mass is 9.98. The van der Waals surface area contributed by atoms with Crippen LogP contribution in [0.1, 0.15) is 23.5 Å². The zero-order valence-corrected chi connectivity index (χ0v) is 15.0. The van der Waals surface area contributed by atoms with Gasteiger partial charge in [0, 0.05) is 19.0 Å². The number of halogens is 2. The Labute approximate surface area is 152 Å². The van der Waals surface area contributed by atoms with Crippen molar-refractivity contribution in [2.75, 3.05) is 20.2 Å². The Hall–Kier alpha value is -1.71. The predicted molar refractivity (Wildman–Crippen MR) is 97.1 cm³/mol. The number of benzene rings is 2. The maximum Gasteiger partial charge on any atom is 0.227 e. The Kier molecular flexibility index (Phi) is 5.32. The first-order chi connectivity index (χ1) is 11.6. The molecule has 1 aliphatic heterocycles. The summed E-state index contributed by atoms with van der Waals surface area (Å²) >= 11 is 11.9. The molecule has 1 aliphatic rings. The number of carbonyl (C=O) groups excluding carboxylic acids is 1. The van der Waals surface area contributed by atoms with E-state index < -0.39 is 0 Å². The van der Waals surface area contributed by atoms with Crippen LogP contribution in [0.15, 0.2) is 42.5 Å². The van der Waals surface area contributed by atoms with Crippen molar-refractivity contribution in [3.05, 3.63) is 63.6 Å². The first kappa shape index (κ1) is 17.1. The third kappa shape index (κ3) is 3.85. The Balaban J connectivity index is 1.61. The smallest absolute Gasteiger partial charge is 0.227 e. The van der Waals surface area contributed by atoms with Gasteiger partial charge in [0.05, 0.1) is 23.6 Å². The molecule has 0 saturated carbocycles. The standard InChI is InChI=1S/C19H19Cl2NO2/c1-24-16-5-3-14(4-6-16)15-8-9-22(12-15)19(23)11-13-2-7-17(20)18(21)10-13/h2-7,10,15H,8-9,11-12H2,1H3. The summed E-state index contributed by atoms with van der Waals surface area (Å²) in [7, 11) is 1.66. The fourth-order valence-electron chi connectivity index (χ4n) is 3.07. The monoisotopic (exact) mass is 363 g/mol. The van der Waals surface area contributed by atoms with Gasteiger partial charge in [-0.25, -0.2) is 0 Å². The Bertz CT molecular complexity index is 731. The van der Waals surface area contributed by atoms with E-state index in [2.05, 4.69) is 12.1 Å². The van der Waals surface area contributed by atoms with E-state index in [0.717, 1.165) is 30.8 Å². The lowest BCUT2D eigenvalue weighted by molar-refractivity contribution is -0.129. The molecule has 1 fully saturated rings. The van der Waals surface area contributed by atoms with Crippen LogP contribution in [0.3, 0.4) is 0 Å². The molecule has 2 aromatic rings. The van der Waals surface area contributed by atoms with Gasteiger partial charge in [0.1, 0.15) is 5.75 Å². The third-order valence-electron chi connectivity index (χ3n) is 4.47. The van der Waals surface area contributed by atoms with Gasteiger partial charge in [-0.1, -0.05) is 41.4 Å². The molecule has 1 heterocycles. The molecule has 5 heteroatoms. The molecular weight excluding hydrogens is 345 g/mol. The third-order valence-corrected chi connectivity index (χ3v) is 5.21. The van der Waals surface area contributed by atoms with E-state index >= 15 is 0 Å². The Morgan fingerprint density at radius 3 is 2.58 bits per heavy atom. The van der Waals surface area contributed by atoms with E-state index in [-0.39, 0.29) is 5.91 Å². The zero-order valence-electron chi connectivity index (χ0n) is 13.5. The fraction of sp³-hybridized carbons (Fsp3) is 0.316. The van der Waals surface area contributed by atoms with Gasteiger partial charge >= 0.3 is 0 Å². The number of hydrogen-bond donors (Lipinski definition) is 0. The summed E-state index contributed by atoms with van der Waals surface area (Å²) in [6.07, 6.45) is 1.34. The van der Waals surface area contributed by atoms with Gasteiger partial charge in [-0.05, 0) is 41.8 Å². The van der Waals surface area contributed by atoms with Crippen LogP contribution in [0.25, 0.3) is 0 Å². The first-order valence-electron chi connectivity index (χ1n) is 7.92. The predicted octanol–water partition coefficient (Wildman–Crippen LogP) is 4.56. The number of rotatable bonds is 4. The average molecular weight is 364 g/mol. The van der Waals surface area contributed by atoms with Crippen molar-refractivity contribution >= 4 is 29.1 Å². The van der Waals surface area contributed by atoms with E-state index in [0.29, 0.717) is 22.4 Å². The van der Waals surface area contributed by atoms with Crippen LogP contribution >= 0.6 is 23.2 Å². The molecule has 1 atom stereocenters. The minimum absolute atomic E-state index is 0.129. The molecule has 1 unspecified atom stereocenters. The van der Waals surface area contributed by atoms with Crippen molar-refractivity contribution in [1.82, 2.24) is 4.90 Å². The second-order valence-corrected chi connectivity index (χ2v) is 6.84. The topological polar surface area (TPSA) is 29.5 Å². The highest BCUT2D eigenvalue weighted by Crippen LogP contribution is 2.29. The van der Waals surface area contributed by atoms with Gasteiger partial charge in [-0.2, -0.15) is 0 Å². The van der Waals surface area contributed by atoms with Gasteiger partial charge in [-0.15, -0.1) is 0 Å². The van der Waals surface area contributed by atoms with Crippen molar-refractivity contribution in [3.8, 4) is 5.75 Å². The van der Waals surface area contributed by atoms with Crippen molar-refractivity contribution < 1.29 is 9.53 Å². The molecule has 0 spiro atoms. The van der Waals surface area contributed by atoms with Crippen molar-refractivity contribution in [2.45, 2.75) is 18.8 Å². The number of nitrogens with zero attached hydrogens (tertiary/aromatic N) is 1. The molecule has 0 aromatic heterocycles. The van der Waals surface area contributed by atoms with Gasteiger partial charge in [0.25, 0.3) is 0 Å². The SMILES string of the molecule is COc1ccc(C2CCN(C(=O)Cc3ccc(Cl)c(Cl)c3)C2)cc1. The van der Waals surface area contributed by atoms with E-state index in [4.69, 9.17) is 27.9 Å². The van der Waals surface area contributed by atoms with Crippen molar-refractivity contribution in [1.29, 1.82) is 0 Å². The summed E-state index contributed by atoms with van der Waals surface area (Å²) in [5.41, 5.74) is 2.14. The molecule has 1 amide bonds. The maximum atomic E-state index is 12.5. The minimum Gasteiger partial charge on any atom is -0.497 e. The summed E-state index contributed by atoms with van der Waals surface area (Å²) in [5.74, 6) is 1.36. The van der Waals surface area contributed by atoms with Gasteiger partial charge < -0.3 is 9.64 Å². The minimum atomic E-state index is 0.129. The molecule has 1 saturated heterocycles. The lowest BCUT2D eigenvalue weighted by Crippen LogP contribution is -2.29. The van der Waals surface area contributed by atoms with Crippen LogP contribution < -0.4 is 4.74 Å². The molecule has 3 rings (SSSR count). The fourth-order valence-corrected chi connectivity index (χ4v) is 3.39. The van der Waals surface area contributed by atoms with Crippen LogP contribution in [-0.2, 0) is 11.2 Å². The van der Waals surface area contributed by atoms with Gasteiger partial charge in [0.2, 0.25) is 5.91 Å². The molecule has 2 aromatic carbocycles. The Morgan fingerprint density at radius 1 is 1.17 bits per heavy atom. The maximum absolute atomic E-state index is 12.5. The van der Waals surface area contributed by atoms with E-state index in [1.54, 1.807) is 19.2 Å². The molecule has 0 radical (unpaired) electrons. The number of carbonyl (C=O) groups is 1. The number of likely N-dealkylation sites (tertiary alicyclic amines) is 1. The normalized spacial score (nSPS) is 17.1. The van der Waals surface area contributed by atoms with E-state index in [1.807, 2.05) is 23.1 Å². The second kappa shape index (κ2) is 7.45. The molecule has 0 bridgehead atoms. The molecule has 0 aliphatic carbocycles. The van der Waals surface area contributed by atoms with Crippen molar-refractivity contribution in [3.63, 3.8) is 0 Å². The molecule has 126 valence electrons. The van der Waals surface area contributed by atoms with Crippen LogP contribution in [-0.4, -0.2) is 31.0 Å². The van der Waals surface area contributed by atoms with Gasteiger partial charge in [-0.3, -0.25) is 4.79 Å². The number of amides is 1. The second-order valence-electron chi connectivity index (χ2n) is 6.02. The number of ether oxygens (including phenoxy) is 1. The van der Waals surface area contributed by atoms with Crippen molar-refractivity contribution in [2.24, 2.45) is 0 Å². The Morgan fingerprint density at radius 2 is 1.92 bits per heavy atom. The van der Waals surface area contributed by atoms with E-state index in [9.17, 15) is 4.79 Å². The average Bonchev–Trinajstić information content (AvgIpc) is 3.08. The molecule has 24 heavy (non-hydrogen) atoms. The van der Waals surface area contributed by atoms with Crippen LogP contribution in [0, 0.1) is 0 Å². The summed E-state index contributed by atoms with van der Waals surface area (Å²) in [6.45, 7) is 1.54. The number of methoxy groups -OCH3 is 1. The quantitative estimate of drug-likeness (QED) is 0.796. The molecule has 3 nitrogen and oxygen atoms in total. The summed E-state index contributed by atoms with van der Waals surface area (Å²) in [4.78, 5) is 14.4. The summed E-state index contributed by atoms with van der Waals surface area (Å²) in [6, 6.07) is 13.4. The summed E-state index contributed by atoms with van der Waals surface area (Å²) < 4.78 is 5.19. The summed E-state index contributed by atoms with van der Waals surface area (Å²) in [5, 5.41) is 0.994. The highest BCUT2D eigenvalue weighted by atomic mass is 35.5. The van der Waals surface area contributed by atoms with E-state index in [1.165, 1.54) is 5.56 Å². The van der Waals surface area contributed by atoms with Crippen LogP contribution in [0.2, 0.25) is 10.0 Å². The van der Waals surface area contributed by atoms with Crippen LogP contribution in [0.5, 0.6) is 5.75 Å². The van der Waals surface area contributed by atoms with Crippen LogP contribution in [0.4, 0.5) is 0 Å². The first-order valence-corrected chi connectivity index (χ1v) is 8.68. The zero-order chi connectivity index (χ0) is 17.1.